The SMILES string of the molecule is CCc1ccccc1NC(=O)[C@H]1CCCN(S(=O)(=O)c2cc(-c3noc(C(C)C)n3)sc2C)C1. The van der Waals surface area contributed by atoms with E-state index < -0.39 is 15.9 Å². The first-order valence-corrected chi connectivity index (χ1v) is 13.8. The largest absolute Gasteiger partial charge is 0.339 e. The standard InChI is InChI=1S/C24H30N4O4S2/c1-5-17-9-6-7-11-19(17)25-23(29)18-10-8-12-28(14-18)34(30,31)21-13-20(33-16(21)4)22-26-24(15(2)3)32-27-22/h6-7,9,11,13,15,18H,5,8,10,12,14H2,1-4H3,(H,25,29)/t18-/m0/s1. The van der Waals surface area contributed by atoms with Crippen LogP contribution in [0.1, 0.15) is 55.9 Å². The maximum absolute atomic E-state index is 13.5. The summed E-state index contributed by atoms with van der Waals surface area (Å²) in [4.78, 5) is 18.9. The van der Waals surface area contributed by atoms with E-state index in [-0.39, 0.29) is 23.3 Å². The van der Waals surface area contributed by atoms with Crippen LogP contribution >= 0.6 is 11.3 Å². The zero-order chi connectivity index (χ0) is 24.5. The number of rotatable bonds is 7. The van der Waals surface area contributed by atoms with Gasteiger partial charge in [-0.25, -0.2) is 8.42 Å². The van der Waals surface area contributed by atoms with E-state index in [4.69, 9.17) is 4.52 Å². The molecule has 3 aromatic rings. The lowest BCUT2D eigenvalue weighted by atomic mass is 9.98. The molecule has 10 heteroatoms. The van der Waals surface area contributed by atoms with Gasteiger partial charge in [0.05, 0.1) is 15.7 Å². The second kappa shape index (κ2) is 9.97. The Morgan fingerprint density at radius 2 is 2.09 bits per heavy atom. The summed E-state index contributed by atoms with van der Waals surface area (Å²) in [7, 11) is -3.76. The van der Waals surface area contributed by atoms with E-state index in [1.807, 2.05) is 45.0 Å². The topological polar surface area (TPSA) is 105 Å². The van der Waals surface area contributed by atoms with Crippen LogP contribution in [-0.2, 0) is 21.2 Å². The number of benzene rings is 1. The van der Waals surface area contributed by atoms with Gasteiger partial charge in [-0.2, -0.15) is 9.29 Å². The zero-order valence-electron chi connectivity index (χ0n) is 19.9. The van der Waals surface area contributed by atoms with E-state index >= 15 is 0 Å². The van der Waals surface area contributed by atoms with Crippen molar-refractivity contribution in [1.29, 1.82) is 0 Å². The number of amides is 1. The number of hydrogen-bond donors (Lipinski definition) is 1. The predicted octanol–water partition coefficient (Wildman–Crippen LogP) is 4.83. The van der Waals surface area contributed by atoms with Gasteiger partial charge >= 0.3 is 0 Å². The first-order valence-electron chi connectivity index (χ1n) is 11.5. The van der Waals surface area contributed by atoms with Crippen LogP contribution in [0.4, 0.5) is 5.69 Å². The van der Waals surface area contributed by atoms with Crippen molar-refractivity contribution in [3.8, 4) is 10.7 Å². The summed E-state index contributed by atoms with van der Waals surface area (Å²) in [5.41, 5.74) is 1.84. The van der Waals surface area contributed by atoms with E-state index in [0.717, 1.165) is 17.7 Å². The summed E-state index contributed by atoms with van der Waals surface area (Å²) >= 11 is 1.33. The molecule has 34 heavy (non-hydrogen) atoms. The molecule has 0 unspecified atom stereocenters. The number of nitrogens with zero attached hydrogens (tertiary/aromatic N) is 3. The lowest BCUT2D eigenvalue weighted by Gasteiger charge is -2.31. The van der Waals surface area contributed by atoms with Gasteiger partial charge in [0, 0.05) is 29.6 Å². The maximum Gasteiger partial charge on any atom is 0.244 e. The quantitative estimate of drug-likeness (QED) is 0.496. The zero-order valence-corrected chi connectivity index (χ0v) is 21.5. The number of para-hydroxylation sites is 1. The van der Waals surface area contributed by atoms with Gasteiger partial charge in [0.15, 0.2) is 0 Å². The average molecular weight is 503 g/mol. The van der Waals surface area contributed by atoms with Gasteiger partial charge in [-0.3, -0.25) is 4.79 Å². The highest BCUT2D eigenvalue weighted by molar-refractivity contribution is 7.89. The number of anilines is 1. The Hall–Kier alpha value is -2.56. The molecule has 0 spiro atoms. The maximum atomic E-state index is 13.5. The molecule has 0 radical (unpaired) electrons. The molecule has 182 valence electrons. The third-order valence-corrected chi connectivity index (χ3v) is 9.22. The van der Waals surface area contributed by atoms with Crippen LogP contribution in [0.25, 0.3) is 10.7 Å². The van der Waals surface area contributed by atoms with Crippen molar-refractivity contribution in [1.82, 2.24) is 14.4 Å². The van der Waals surface area contributed by atoms with Crippen LogP contribution in [-0.4, -0.2) is 41.9 Å². The Labute approximate surface area is 204 Å². The molecule has 0 saturated carbocycles. The molecule has 3 heterocycles. The fourth-order valence-corrected chi connectivity index (χ4v) is 7.11. The molecule has 1 fully saturated rings. The number of aromatic nitrogens is 2. The van der Waals surface area contributed by atoms with Gasteiger partial charge in [-0.05, 0) is 43.9 Å². The molecule has 1 saturated heterocycles. The molecule has 1 aromatic carbocycles. The number of carbonyl (C=O) groups excluding carboxylic acids is 1. The summed E-state index contributed by atoms with van der Waals surface area (Å²) in [5, 5.41) is 7.01. The third kappa shape index (κ3) is 4.94. The van der Waals surface area contributed by atoms with E-state index in [1.54, 1.807) is 13.0 Å². The molecule has 1 aliphatic heterocycles. The van der Waals surface area contributed by atoms with Crippen molar-refractivity contribution in [2.45, 2.75) is 57.8 Å². The lowest BCUT2D eigenvalue weighted by molar-refractivity contribution is -0.120. The lowest BCUT2D eigenvalue weighted by Crippen LogP contribution is -2.43. The Morgan fingerprint density at radius 3 is 2.79 bits per heavy atom. The van der Waals surface area contributed by atoms with E-state index in [1.165, 1.54) is 15.6 Å². The predicted molar refractivity (Wildman–Crippen MR) is 132 cm³/mol. The minimum atomic E-state index is -3.76. The fraction of sp³-hybridized carbons (Fsp3) is 0.458. The highest BCUT2D eigenvalue weighted by Crippen LogP contribution is 2.35. The molecular formula is C24H30N4O4S2. The van der Waals surface area contributed by atoms with E-state index in [0.29, 0.717) is 40.9 Å². The molecule has 1 N–H and O–H groups in total. The van der Waals surface area contributed by atoms with E-state index in [9.17, 15) is 13.2 Å². The number of sulfonamides is 1. The first kappa shape index (κ1) is 24.6. The summed E-state index contributed by atoms with van der Waals surface area (Å²) in [6.45, 7) is 8.28. The highest BCUT2D eigenvalue weighted by atomic mass is 32.2. The smallest absolute Gasteiger partial charge is 0.244 e. The van der Waals surface area contributed by atoms with Gasteiger partial charge in [-0.1, -0.05) is 44.1 Å². The van der Waals surface area contributed by atoms with Gasteiger partial charge in [-0.15, -0.1) is 11.3 Å². The van der Waals surface area contributed by atoms with E-state index in [2.05, 4.69) is 15.5 Å². The number of nitrogens with one attached hydrogen (secondary N) is 1. The van der Waals surface area contributed by atoms with Crippen LogP contribution < -0.4 is 5.32 Å². The number of hydrogen-bond acceptors (Lipinski definition) is 7. The van der Waals surface area contributed by atoms with Crippen molar-refractivity contribution in [3.05, 3.63) is 46.7 Å². The third-order valence-electron chi connectivity index (χ3n) is 6.06. The summed E-state index contributed by atoms with van der Waals surface area (Å²) in [5.74, 6) is 0.448. The van der Waals surface area contributed by atoms with Crippen LogP contribution in [0.2, 0.25) is 0 Å². The molecule has 4 rings (SSSR count). The molecule has 1 amide bonds. The second-order valence-electron chi connectivity index (χ2n) is 8.84. The van der Waals surface area contributed by atoms with Crippen LogP contribution in [0.5, 0.6) is 0 Å². The normalized spacial score (nSPS) is 17.3. The highest BCUT2D eigenvalue weighted by Gasteiger charge is 2.35. The van der Waals surface area contributed by atoms with Crippen LogP contribution in [0.15, 0.2) is 39.8 Å². The fourth-order valence-electron chi connectivity index (χ4n) is 4.10. The van der Waals surface area contributed by atoms with Crippen LogP contribution in [0, 0.1) is 12.8 Å². The summed E-state index contributed by atoms with van der Waals surface area (Å²) < 4.78 is 33.8. The Morgan fingerprint density at radius 1 is 1.32 bits per heavy atom. The molecule has 0 aliphatic carbocycles. The first-order chi connectivity index (χ1) is 16.2. The van der Waals surface area contributed by atoms with Crippen molar-refractivity contribution >= 4 is 33.0 Å². The van der Waals surface area contributed by atoms with Crippen molar-refractivity contribution in [2.24, 2.45) is 5.92 Å². The molecule has 1 aliphatic rings. The minimum absolute atomic E-state index is 0.0891. The molecule has 8 nitrogen and oxygen atoms in total. The summed E-state index contributed by atoms with van der Waals surface area (Å²) in [6.07, 6.45) is 2.09. The Balaban J connectivity index is 1.52. The molecule has 1 atom stereocenters. The average Bonchev–Trinajstić information content (AvgIpc) is 3.47. The summed E-state index contributed by atoms with van der Waals surface area (Å²) in [6, 6.07) is 9.31. The minimum Gasteiger partial charge on any atom is -0.339 e. The second-order valence-corrected chi connectivity index (χ2v) is 12.0. The monoisotopic (exact) mass is 502 g/mol. The Kier molecular flexibility index (Phi) is 7.20. The Bertz CT molecular complexity index is 1280. The van der Waals surface area contributed by atoms with Gasteiger partial charge in [0.25, 0.3) is 0 Å². The van der Waals surface area contributed by atoms with Gasteiger partial charge in [0.1, 0.15) is 0 Å². The van der Waals surface area contributed by atoms with Crippen molar-refractivity contribution < 1.29 is 17.7 Å². The van der Waals surface area contributed by atoms with Crippen molar-refractivity contribution in [3.63, 3.8) is 0 Å². The van der Waals surface area contributed by atoms with Crippen LogP contribution in [0.3, 0.4) is 0 Å². The molecule has 0 bridgehead atoms. The number of carbonyl (C=O) groups is 1. The van der Waals surface area contributed by atoms with Crippen molar-refractivity contribution in [2.75, 3.05) is 18.4 Å². The molecule has 2 aromatic heterocycles. The molecular weight excluding hydrogens is 472 g/mol. The number of thiophene rings is 1. The number of piperidine rings is 1. The van der Waals surface area contributed by atoms with Gasteiger partial charge in [0.2, 0.25) is 27.6 Å². The number of aryl methyl sites for hydroxylation is 2. The van der Waals surface area contributed by atoms with Gasteiger partial charge < -0.3 is 9.84 Å².